The number of hydrogen-bond donors (Lipinski definition) is 1. The van der Waals surface area contributed by atoms with Crippen molar-refractivity contribution in [2.75, 3.05) is 20.3 Å². The number of aryl methyl sites for hydroxylation is 2. The quantitative estimate of drug-likeness (QED) is 0.288. The number of aromatic nitrogens is 2. The average molecular weight is 478 g/mol. The Morgan fingerprint density at radius 1 is 0.971 bits per heavy atom. The number of ether oxygens (including phenoxy) is 2. The molecule has 4 aromatic rings. The topological polar surface area (TPSA) is 65.4 Å². The van der Waals surface area contributed by atoms with Gasteiger partial charge in [0, 0.05) is 30.1 Å². The van der Waals surface area contributed by atoms with Gasteiger partial charge in [-0.15, -0.1) is 0 Å². The summed E-state index contributed by atoms with van der Waals surface area (Å²) in [6.45, 7) is 1.99. The summed E-state index contributed by atoms with van der Waals surface area (Å²) in [4.78, 5) is 17.1. The van der Waals surface area contributed by atoms with Crippen molar-refractivity contribution in [2.24, 2.45) is 0 Å². The van der Waals surface area contributed by atoms with Crippen LogP contribution in [0.25, 0.3) is 11.0 Å². The number of carbonyl (C=O) groups excluding carboxylic acids is 1. The van der Waals surface area contributed by atoms with Crippen LogP contribution in [-0.4, -0.2) is 35.7 Å². The van der Waals surface area contributed by atoms with Crippen LogP contribution in [0, 0.1) is 0 Å². The molecule has 0 bridgehead atoms. The molecule has 0 saturated carbocycles. The van der Waals surface area contributed by atoms with Gasteiger partial charge in [0.25, 0.3) is 5.91 Å². The number of fused-ring (bicyclic) bond motifs is 1. The second-order valence-corrected chi connectivity index (χ2v) is 8.35. The highest BCUT2D eigenvalue weighted by molar-refractivity contribution is 6.30. The number of amides is 1. The van der Waals surface area contributed by atoms with E-state index < -0.39 is 0 Å². The summed E-state index contributed by atoms with van der Waals surface area (Å²) < 4.78 is 13.3. The zero-order chi connectivity index (χ0) is 23.8. The lowest BCUT2D eigenvalue weighted by Crippen LogP contribution is -2.25. The Bertz CT molecular complexity index is 1220. The van der Waals surface area contributed by atoms with Gasteiger partial charge in [0.2, 0.25) is 0 Å². The van der Waals surface area contributed by atoms with E-state index in [9.17, 15) is 4.79 Å². The van der Waals surface area contributed by atoms with Crippen LogP contribution in [0.15, 0.2) is 72.8 Å². The lowest BCUT2D eigenvalue weighted by atomic mass is 10.2. The molecule has 0 fully saturated rings. The molecular formula is C27H28ClN3O3. The summed E-state index contributed by atoms with van der Waals surface area (Å²) >= 11 is 5.89. The molecule has 1 N–H and O–H groups in total. The number of carbonyl (C=O) groups is 1. The minimum absolute atomic E-state index is 0.0964. The Morgan fingerprint density at radius 3 is 2.47 bits per heavy atom. The van der Waals surface area contributed by atoms with Gasteiger partial charge in [-0.3, -0.25) is 4.79 Å². The number of imidazole rings is 1. The summed E-state index contributed by atoms with van der Waals surface area (Å²) in [5.74, 6) is 2.56. The van der Waals surface area contributed by atoms with E-state index in [2.05, 4.69) is 16.0 Å². The van der Waals surface area contributed by atoms with Gasteiger partial charge in [-0.1, -0.05) is 23.7 Å². The SMILES string of the molecule is COc1ccc(OCCCn2c(CCCNC(=O)c3ccc(Cl)cc3)nc3ccccc32)cc1. The Balaban J connectivity index is 1.31. The summed E-state index contributed by atoms with van der Waals surface area (Å²) in [5.41, 5.74) is 2.71. The zero-order valence-electron chi connectivity index (χ0n) is 19.2. The molecule has 0 aliphatic carbocycles. The minimum Gasteiger partial charge on any atom is -0.497 e. The molecule has 6 nitrogen and oxygen atoms in total. The number of benzene rings is 3. The fourth-order valence-electron chi connectivity index (χ4n) is 3.80. The van der Waals surface area contributed by atoms with Crippen LogP contribution in [0.3, 0.4) is 0 Å². The molecule has 4 rings (SSSR count). The average Bonchev–Trinajstić information content (AvgIpc) is 3.22. The van der Waals surface area contributed by atoms with Crippen molar-refractivity contribution in [1.82, 2.24) is 14.9 Å². The molecule has 0 spiro atoms. The Morgan fingerprint density at radius 2 is 1.71 bits per heavy atom. The fourth-order valence-corrected chi connectivity index (χ4v) is 3.93. The van der Waals surface area contributed by atoms with Gasteiger partial charge in [0.05, 0.1) is 24.8 Å². The van der Waals surface area contributed by atoms with E-state index in [0.717, 1.165) is 54.2 Å². The van der Waals surface area contributed by atoms with Crippen molar-refractivity contribution in [3.63, 3.8) is 0 Å². The third-order valence-corrected chi connectivity index (χ3v) is 5.81. The van der Waals surface area contributed by atoms with E-state index >= 15 is 0 Å². The van der Waals surface area contributed by atoms with Crippen LogP contribution >= 0.6 is 11.6 Å². The Labute approximate surface area is 204 Å². The van der Waals surface area contributed by atoms with Crippen molar-refractivity contribution in [3.8, 4) is 11.5 Å². The lowest BCUT2D eigenvalue weighted by Gasteiger charge is -2.11. The maximum Gasteiger partial charge on any atom is 0.251 e. The second kappa shape index (κ2) is 11.6. The van der Waals surface area contributed by atoms with Crippen LogP contribution in [0.1, 0.15) is 29.0 Å². The maximum absolute atomic E-state index is 12.3. The first kappa shape index (κ1) is 23.6. The Kier molecular flexibility index (Phi) is 8.04. The van der Waals surface area contributed by atoms with Crippen molar-refractivity contribution < 1.29 is 14.3 Å². The summed E-state index contributed by atoms with van der Waals surface area (Å²) in [7, 11) is 1.65. The zero-order valence-corrected chi connectivity index (χ0v) is 19.9. The van der Waals surface area contributed by atoms with Crippen LogP contribution in [0.2, 0.25) is 5.02 Å². The molecule has 7 heteroatoms. The van der Waals surface area contributed by atoms with E-state index in [0.29, 0.717) is 23.7 Å². The fraction of sp³-hybridized carbons (Fsp3) is 0.259. The number of rotatable bonds is 11. The smallest absolute Gasteiger partial charge is 0.251 e. The number of nitrogens with one attached hydrogen (secondary N) is 1. The van der Waals surface area contributed by atoms with Gasteiger partial charge in [-0.25, -0.2) is 4.98 Å². The van der Waals surface area contributed by atoms with E-state index in [1.165, 1.54) is 0 Å². The molecule has 176 valence electrons. The molecule has 34 heavy (non-hydrogen) atoms. The predicted molar refractivity (Wildman–Crippen MR) is 135 cm³/mol. The van der Waals surface area contributed by atoms with E-state index in [4.69, 9.17) is 26.1 Å². The molecular weight excluding hydrogens is 450 g/mol. The minimum atomic E-state index is -0.0964. The molecule has 3 aromatic carbocycles. The largest absolute Gasteiger partial charge is 0.497 e. The summed E-state index contributed by atoms with van der Waals surface area (Å²) in [6.07, 6.45) is 2.42. The first-order valence-electron chi connectivity index (χ1n) is 11.4. The molecule has 1 heterocycles. The van der Waals surface area contributed by atoms with E-state index in [1.807, 2.05) is 42.5 Å². The molecule has 1 amide bonds. The molecule has 0 aliphatic rings. The van der Waals surface area contributed by atoms with E-state index in [-0.39, 0.29) is 5.91 Å². The molecule has 0 saturated heterocycles. The van der Waals surface area contributed by atoms with Gasteiger partial charge < -0.3 is 19.4 Å². The van der Waals surface area contributed by atoms with Gasteiger partial charge >= 0.3 is 0 Å². The van der Waals surface area contributed by atoms with Crippen molar-refractivity contribution in [3.05, 3.63) is 89.2 Å². The third-order valence-electron chi connectivity index (χ3n) is 5.56. The Hall–Kier alpha value is -3.51. The molecule has 0 atom stereocenters. The first-order valence-corrected chi connectivity index (χ1v) is 11.8. The third kappa shape index (κ3) is 6.08. The van der Waals surface area contributed by atoms with Crippen LogP contribution in [0.5, 0.6) is 11.5 Å². The number of nitrogens with zero attached hydrogens (tertiary/aromatic N) is 2. The predicted octanol–water partition coefficient (Wildman–Crippen LogP) is 5.53. The second-order valence-electron chi connectivity index (χ2n) is 7.91. The molecule has 0 unspecified atom stereocenters. The number of hydrogen-bond acceptors (Lipinski definition) is 4. The molecule has 0 aliphatic heterocycles. The highest BCUT2D eigenvalue weighted by Gasteiger charge is 2.11. The van der Waals surface area contributed by atoms with Crippen LogP contribution < -0.4 is 14.8 Å². The van der Waals surface area contributed by atoms with Crippen LogP contribution in [-0.2, 0) is 13.0 Å². The summed E-state index contributed by atoms with van der Waals surface area (Å²) in [5, 5.41) is 3.59. The van der Waals surface area contributed by atoms with Gasteiger partial charge in [0.1, 0.15) is 17.3 Å². The highest BCUT2D eigenvalue weighted by atomic mass is 35.5. The number of methoxy groups -OCH3 is 1. The monoisotopic (exact) mass is 477 g/mol. The summed E-state index contributed by atoms with van der Waals surface area (Å²) in [6, 6.07) is 22.7. The van der Waals surface area contributed by atoms with Crippen molar-refractivity contribution >= 4 is 28.5 Å². The van der Waals surface area contributed by atoms with Crippen LogP contribution in [0.4, 0.5) is 0 Å². The normalized spacial score (nSPS) is 10.9. The molecule has 1 aromatic heterocycles. The maximum atomic E-state index is 12.3. The number of halogens is 1. The first-order chi connectivity index (χ1) is 16.6. The van der Waals surface area contributed by atoms with Crippen molar-refractivity contribution in [2.45, 2.75) is 25.8 Å². The lowest BCUT2D eigenvalue weighted by molar-refractivity contribution is 0.0953. The van der Waals surface area contributed by atoms with E-state index in [1.54, 1.807) is 31.4 Å². The van der Waals surface area contributed by atoms with Gasteiger partial charge in [-0.05, 0) is 73.5 Å². The highest BCUT2D eigenvalue weighted by Crippen LogP contribution is 2.19. The van der Waals surface area contributed by atoms with Gasteiger partial charge in [-0.2, -0.15) is 0 Å². The standard InChI is InChI=1S/C27H28ClN3O3/c1-33-22-13-15-23(16-14-22)34-19-5-18-31-25-7-3-2-6-24(25)30-26(31)8-4-17-29-27(32)20-9-11-21(28)12-10-20/h2-3,6-7,9-16H,4-5,8,17-19H2,1H3,(H,29,32). The molecule has 0 radical (unpaired) electrons. The van der Waals surface area contributed by atoms with Gasteiger partial charge in [0.15, 0.2) is 0 Å². The van der Waals surface area contributed by atoms with Crippen molar-refractivity contribution in [1.29, 1.82) is 0 Å². The number of para-hydroxylation sites is 2.